The maximum Gasteiger partial charge on any atom is 0.276 e. The zero-order valence-corrected chi connectivity index (χ0v) is 17.9. The minimum absolute atomic E-state index is 0.126. The van der Waals surface area contributed by atoms with Crippen molar-refractivity contribution < 1.29 is 9.47 Å². The molecule has 1 aromatic carbocycles. The maximum absolute atomic E-state index is 11.9. The number of nitrogens with one attached hydrogen (secondary N) is 1. The van der Waals surface area contributed by atoms with Crippen molar-refractivity contribution in [3.8, 4) is 11.5 Å². The molecule has 2 aromatic heterocycles. The first-order valence-corrected chi connectivity index (χ1v) is 10.6. The van der Waals surface area contributed by atoms with Crippen LogP contribution in [-0.2, 0) is 6.54 Å². The maximum atomic E-state index is 11.9. The SMILES string of the molecule is COc1ccc(CN2CCC(n3cnc4c(=O)[nH]ccc43)CC2)cc1OCC(C)C. The van der Waals surface area contributed by atoms with Crippen LogP contribution in [0.2, 0.25) is 0 Å². The standard InChI is InChI=1S/C23H30N4O3/c1-16(2)14-30-21-12-17(4-5-20(21)29-3)13-26-10-7-18(8-11-26)27-15-25-22-19(27)6-9-24-23(22)28/h4-6,9,12,15-16,18H,7-8,10-11,13-14H2,1-3H3,(H,24,28). The summed E-state index contributed by atoms with van der Waals surface area (Å²) in [6.07, 6.45) is 5.57. The molecule has 0 unspecified atom stereocenters. The largest absolute Gasteiger partial charge is 0.493 e. The quantitative estimate of drug-likeness (QED) is 0.644. The van der Waals surface area contributed by atoms with Crippen LogP contribution in [0.3, 0.4) is 0 Å². The monoisotopic (exact) mass is 410 g/mol. The molecule has 1 saturated heterocycles. The van der Waals surface area contributed by atoms with Gasteiger partial charge in [-0.25, -0.2) is 4.98 Å². The van der Waals surface area contributed by atoms with Crippen LogP contribution in [0.15, 0.2) is 41.6 Å². The topological polar surface area (TPSA) is 72.4 Å². The average Bonchev–Trinajstić information content (AvgIpc) is 3.18. The zero-order chi connectivity index (χ0) is 21.1. The highest BCUT2D eigenvalue weighted by atomic mass is 16.5. The number of likely N-dealkylation sites (tertiary alicyclic amines) is 1. The molecule has 0 atom stereocenters. The zero-order valence-electron chi connectivity index (χ0n) is 17.9. The molecule has 3 aromatic rings. The lowest BCUT2D eigenvalue weighted by Gasteiger charge is -2.33. The molecule has 0 aliphatic carbocycles. The Balaban J connectivity index is 1.40. The molecule has 7 nitrogen and oxygen atoms in total. The first-order chi connectivity index (χ1) is 14.5. The van der Waals surface area contributed by atoms with Crippen molar-refractivity contribution in [3.05, 3.63) is 52.7 Å². The molecular formula is C23H30N4O3. The van der Waals surface area contributed by atoms with E-state index in [0.717, 1.165) is 49.5 Å². The van der Waals surface area contributed by atoms with E-state index in [2.05, 4.69) is 45.4 Å². The first kappa shape index (κ1) is 20.5. The lowest BCUT2D eigenvalue weighted by atomic mass is 10.0. The van der Waals surface area contributed by atoms with Gasteiger partial charge in [-0.2, -0.15) is 0 Å². The molecule has 0 saturated carbocycles. The lowest BCUT2D eigenvalue weighted by Crippen LogP contribution is -2.34. The van der Waals surface area contributed by atoms with E-state index < -0.39 is 0 Å². The number of hydrogen-bond acceptors (Lipinski definition) is 5. The van der Waals surface area contributed by atoms with Crippen molar-refractivity contribution >= 4 is 11.0 Å². The second kappa shape index (κ2) is 8.92. The number of imidazole rings is 1. The molecule has 0 radical (unpaired) electrons. The van der Waals surface area contributed by atoms with E-state index in [0.29, 0.717) is 24.1 Å². The second-order valence-corrected chi connectivity index (χ2v) is 8.39. The molecule has 1 aliphatic rings. The fourth-order valence-electron chi connectivity index (χ4n) is 4.07. The van der Waals surface area contributed by atoms with Crippen molar-refractivity contribution in [2.75, 3.05) is 26.8 Å². The predicted octanol–water partition coefficient (Wildman–Crippen LogP) is 3.61. The van der Waals surface area contributed by atoms with Crippen LogP contribution in [0.25, 0.3) is 11.0 Å². The van der Waals surface area contributed by atoms with Gasteiger partial charge in [0.1, 0.15) is 0 Å². The Morgan fingerprint density at radius 1 is 1.20 bits per heavy atom. The van der Waals surface area contributed by atoms with Crippen molar-refractivity contribution in [1.82, 2.24) is 19.4 Å². The molecule has 4 rings (SSSR count). The Hall–Kier alpha value is -2.80. The number of ether oxygens (including phenoxy) is 2. The Labute approximate surface area is 176 Å². The fourth-order valence-corrected chi connectivity index (χ4v) is 4.07. The van der Waals surface area contributed by atoms with Crippen LogP contribution >= 0.6 is 0 Å². The van der Waals surface area contributed by atoms with E-state index in [-0.39, 0.29) is 5.56 Å². The molecule has 0 bridgehead atoms. The van der Waals surface area contributed by atoms with Gasteiger partial charge in [0.25, 0.3) is 5.56 Å². The first-order valence-electron chi connectivity index (χ1n) is 10.6. The van der Waals surface area contributed by atoms with E-state index in [9.17, 15) is 4.79 Å². The number of methoxy groups -OCH3 is 1. The fraction of sp³-hybridized carbons (Fsp3) is 0.478. The van der Waals surface area contributed by atoms with E-state index >= 15 is 0 Å². The summed E-state index contributed by atoms with van der Waals surface area (Å²) in [6, 6.07) is 8.51. The van der Waals surface area contributed by atoms with Gasteiger partial charge >= 0.3 is 0 Å². The Morgan fingerprint density at radius 3 is 2.73 bits per heavy atom. The molecule has 3 heterocycles. The number of benzene rings is 1. The van der Waals surface area contributed by atoms with Crippen LogP contribution < -0.4 is 15.0 Å². The normalized spacial score (nSPS) is 15.7. The summed E-state index contributed by atoms with van der Waals surface area (Å²) in [7, 11) is 1.68. The number of rotatable bonds is 7. The molecule has 0 amide bonds. The Morgan fingerprint density at radius 2 is 2.00 bits per heavy atom. The number of hydrogen-bond donors (Lipinski definition) is 1. The third-order valence-electron chi connectivity index (χ3n) is 5.66. The summed E-state index contributed by atoms with van der Waals surface area (Å²) in [4.78, 5) is 21.4. The minimum atomic E-state index is -0.126. The number of nitrogens with zero attached hydrogens (tertiary/aromatic N) is 3. The van der Waals surface area contributed by atoms with Crippen LogP contribution in [0.4, 0.5) is 0 Å². The average molecular weight is 411 g/mol. The van der Waals surface area contributed by atoms with Gasteiger partial charge in [0, 0.05) is 31.9 Å². The Bertz CT molecular complexity index is 1050. The predicted molar refractivity (Wildman–Crippen MR) is 117 cm³/mol. The van der Waals surface area contributed by atoms with Gasteiger partial charge < -0.3 is 19.0 Å². The van der Waals surface area contributed by atoms with Gasteiger partial charge in [0.05, 0.1) is 25.6 Å². The van der Waals surface area contributed by atoms with Gasteiger partial charge in [0.15, 0.2) is 17.0 Å². The lowest BCUT2D eigenvalue weighted by molar-refractivity contribution is 0.181. The number of aromatic nitrogens is 3. The highest BCUT2D eigenvalue weighted by molar-refractivity contribution is 5.73. The molecule has 1 fully saturated rings. The summed E-state index contributed by atoms with van der Waals surface area (Å²) < 4.78 is 13.6. The summed E-state index contributed by atoms with van der Waals surface area (Å²) in [5.41, 5.74) is 2.54. The van der Waals surface area contributed by atoms with Gasteiger partial charge in [-0.05, 0) is 42.5 Å². The summed E-state index contributed by atoms with van der Waals surface area (Å²) in [5.74, 6) is 2.06. The number of H-pyrrole nitrogens is 1. The van der Waals surface area contributed by atoms with Gasteiger partial charge in [-0.1, -0.05) is 19.9 Å². The third-order valence-corrected chi connectivity index (χ3v) is 5.66. The van der Waals surface area contributed by atoms with E-state index in [1.807, 2.05) is 18.5 Å². The highest BCUT2D eigenvalue weighted by Gasteiger charge is 2.22. The van der Waals surface area contributed by atoms with Gasteiger partial charge in [-0.15, -0.1) is 0 Å². The molecule has 160 valence electrons. The van der Waals surface area contributed by atoms with Gasteiger partial charge in [0.2, 0.25) is 0 Å². The summed E-state index contributed by atoms with van der Waals surface area (Å²) in [5, 5.41) is 0. The van der Waals surface area contributed by atoms with Crippen LogP contribution in [0.5, 0.6) is 11.5 Å². The van der Waals surface area contributed by atoms with E-state index in [1.165, 1.54) is 5.56 Å². The van der Waals surface area contributed by atoms with Crippen molar-refractivity contribution in [2.24, 2.45) is 5.92 Å². The number of fused-ring (bicyclic) bond motifs is 1. The number of aromatic amines is 1. The van der Waals surface area contributed by atoms with E-state index in [4.69, 9.17) is 9.47 Å². The second-order valence-electron chi connectivity index (χ2n) is 8.39. The minimum Gasteiger partial charge on any atom is -0.493 e. The Kier molecular flexibility index (Phi) is 6.08. The van der Waals surface area contributed by atoms with E-state index in [1.54, 1.807) is 13.3 Å². The molecule has 1 N–H and O–H groups in total. The smallest absolute Gasteiger partial charge is 0.276 e. The molecule has 30 heavy (non-hydrogen) atoms. The molecular weight excluding hydrogens is 380 g/mol. The van der Waals surface area contributed by atoms with Crippen LogP contribution in [0.1, 0.15) is 38.3 Å². The van der Waals surface area contributed by atoms with Crippen molar-refractivity contribution in [2.45, 2.75) is 39.3 Å². The summed E-state index contributed by atoms with van der Waals surface area (Å²) >= 11 is 0. The highest BCUT2D eigenvalue weighted by Crippen LogP contribution is 2.30. The van der Waals surface area contributed by atoms with Gasteiger partial charge in [-0.3, -0.25) is 9.69 Å². The number of pyridine rings is 1. The molecule has 0 spiro atoms. The van der Waals surface area contributed by atoms with Crippen LogP contribution in [0, 0.1) is 5.92 Å². The summed E-state index contributed by atoms with van der Waals surface area (Å²) in [6.45, 7) is 7.84. The third kappa shape index (κ3) is 4.36. The molecule has 1 aliphatic heterocycles. The molecule has 7 heteroatoms. The number of piperidine rings is 1. The van der Waals surface area contributed by atoms with Crippen molar-refractivity contribution in [1.29, 1.82) is 0 Å². The van der Waals surface area contributed by atoms with Crippen molar-refractivity contribution in [3.63, 3.8) is 0 Å². The van der Waals surface area contributed by atoms with Crippen LogP contribution in [-0.4, -0.2) is 46.2 Å².